The van der Waals surface area contributed by atoms with Crippen molar-refractivity contribution in [2.45, 2.75) is 13.3 Å². The van der Waals surface area contributed by atoms with Crippen molar-refractivity contribution in [1.29, 1.82) is 0 Å². The Morgan fingerprint density at radius 2 is 2.06 bits per heavy atom. The van der Waals surface area contributed by atoms with Gasteiger partial charge < -0.3 is 20.8 Å². The zero-order valence-electron chi connectivity index (χ0n) is 9.36. The predicted molar refractivity (Wildman–Crippen MR) is 62.4 cm³/mol. The number of aromatic carboxylic acids is 1. The van der Waals surface area contributed by atoms with Gasteiger partial charge in [-0.3, -0.25) is 0 Å². The first kappa shape index (κ1) is 12.8. The van der Waals surface area contributed by atoms with E-state index < -0.39 is 12.0 Å². The number of anilines is 1. The Kier molecular flexibility index (Phi) is 4.33. The lowest BCUT2D eigenvalue weighted by atomic mass is 10.2. The largest absolute Gasteiger partial charge is 0.507 e. The van der Waals surface area contributed by atoms with Gasteiger partial charge in [0, 0.05) is 12.2 Å². The Morgan fingerprint density at radius 3 is 2.65 bits per heavy atom. The van der Waals surface area contributed by atoms with Crippen molar-refractivity contribution in [3.63, 3.8) is 0 Å². The van der Waals surface area contributed by atoms with Crippen molar-refractivity contribution in [2.24, 2.45) is 0 Å². The molecule has 17 heavy (non-hydrogen) atoms. The minimum atomic E-state index is -1.25. The minimum Gasteiger partial charge on any atom is -0.507 e. The fraction of sp³-hybridized carbons (Fsp3) is 0.273. The summed E-state index contributed by atoms with van der Waals surface area (Å²) in [5.41, 5.74) is 0.0621. The molecule has 1 aromatic carbocycles. The van der Waals surface area contributed by atoms with Gasteiger partial charge in [0.05, 0.1) is 0 Å². The van der Waals surface area contributed by atoms with Gasteiger partial charge in [-0.2, -0.15) is 0 Å². The molecule has 1 rings (SSSR count). The lowest BCUT2D eigenvalue weighted by Gasteiger charge is -2.08. The van der Waals surface area contributed by atoms with E-state index >= 15 is 0 Å². The van der Waals surface area contributed by atoms with Gasteiger partial charge in [0.2, 0.25) is 0 Å². The van der Waals surface area contributed by atoms with Crippen LogP contribution in [-0.2, 0) is 0 Å². The summed E-state index contributed by atoms with van der Waals surface area (Å²) in [6, 6.07) is 3.43. The van der Waals surface area contributed by atoms with Crippen molar-refractivity contribution in [1.82, 2.24) is 5.32 Å². The molecule has 92 valence electrons. The summed E-state index contributed by atoms with van der Waals surface area (Å²) in [5, 5.41) is 23.1. The Morgan fingerprint density at radius 1 is 1.35 bits per heavy atom. The number of hydrogen-bond donors (Lipinski definition) is 4. The molecule has 0 unspecified atom stereocenters. The van der Waals surface area contributed by atoms with Gasteiger partial charge in [-0.05, 0) is 24.6 Å². The zero-order valence-corrected chi connectivity index (χ0v) is 9.36. The number of rotatable bonds is 4. The van der Waals surface area contributed by atoms with Crippen molar-refractivity contribution in [2.75, 3.05) is 11.9 Å². The molecule has 0 saturated carbocycles. The van der Waals surface area contributed by atoms with Crippen molar-refractivity contribution in [3.8, 4) is 5.75 Å². The van der Waals surface area contributed by atoms with Gasteiger partial charge in [-0.15, -0.1) is 0 Å². The molecule has 0 fully saturated rings. The number of carbonyl (C=O) groups is 2. The first-order valence-electron chi connectivity index (χ1n) is 5.15. The second-order valence-corrected chi connectivity index (χ2v) is 3.42. The molecular formula is C11H14N2O4. The maximum Gasteiger partial charge on any atom is 0.339 e. The SMILES string of the molecule is CCCNC(=O)Nc1ccc(O)c(C(=O)O)c1. The van der Waals surface area contributed by atoms with Crippen LogP contribution in [0, 0.1) is 0 Å². The number of urea groups is 1. The summed E-state index contributed by atoms with van der Waals surface area (Å²) in [5.74, 6) is -1.59. The highest BCUT2D eigenvalue weighted by molar-refractivity contribution is 5.95. The first-order valence-corrected chi connectivity index (χ1v) is 5.15. The van der Waals surface area contributed by atoms with Crippen molar-refractivity contribution >= 4 is 17.7 Å². The molecule has 0 aliphatic heterocycles. The van der Waals surface area contributed by atoms with Crippen LogP contribution in [0.5, 0.6) is 5.75 Å². The molecule has 0 aliphatic rings. The molecule has 2 amide bonds. The number of phenols is 1. The molecule has 0 radical (unpaired) electrons. The van der Waals surface area contributed by atoms with E-state index in [4.69, 9.17) is 5.11 Å². The summed E-state index contributed by atoms with van der Waals surface area (Å²) in [7, 11) is 0. The maximum atomic E-state index is 11.3. The van der Waals surface area contributed by atoms with E-state index in [1.54, 1.807) is 0 Å². The number of carbonyl (C=O) groups excluding carboxylic acids is 1. The third-order valence-electron chi connectivity index (χ3n) is 2.02. The average Bonchev–Trinajstić information content (AvgIpc) is 2.28. The quantitative estimate of drug-likeness (QED) is 0.599. The van der Waals surface area contributed by atoms with Crippen molar-refractivity contribution in [3.05, 3.63) is 23.8 Å². The van der Waals surface area contributed by atoms with Crippen LogP contribution in [0.3, 0.4) is 0 Å². The molecule has 6 heteroatoms. The van der Waals surface area contributed by atoms with E-state index in [0.29, 0.717) is 12.2 Å². The van der Waals surface area contributed by atoms with Crippen LogP contribution in [0.4, 0.5) is 10.5 Å². The molecule has 0 saturated heterocycles. The van der Waals surface area contributed by atoms with E-state index in [-0.39, 0.29) is 11.3 Å². The van der Waals surface area contributed by atoms with Crippen LogP contribution in [0.1, 0.15) is 23.7 Å². The van der Waals surface area contributed by atoms with Gasteiger partial charge in [0.1, 0.15) is 11.3 Å². The summed E-state index contributed by atoms with van der Waals surface area (Å²) in [6.07, 6.45) is 0.809. The molecule has 0 bridgehead atoms. The monoisotopic (exact) mass is 238 g/mol. The summed E-state index contributed by atoms with van der Waals surface area (Å²) in [6.45, 7) is 2.46. The fourth-order valence-corrected chi connectivity index (χ4v) is 1.20. The van der Waals surface area contributed by atoms with E-state index in [2.05, 4.69) is 10.6 Å². The van der Waals surface area contributed by atoms with Crippen molar-refractivity contribution < 1.29 is 19.8 Å². The van der Waals surface area contributed by atoms with Gasteiger partial charge >= 0.3 is 12.0 Å². The maximum absolute atomic E-state index is 11.3. The minimum absolute atomic E-state index is 0.252. The summed E-state index contributed by atoms with van der Waals surface area (Å²) in [4.78, 5) is 22.0. The summed E-state index contributed by atoms with van der Waals surface area (Å²) >= 11 is 0. The molecule has 1 aromatic rings. The molecule has 0 aromatic heterocycles. The molecule has 6 nitrogen and oxygen atoms in total. The molecule has 0 atom stereocenters. The predicted octanol–water partition coefficient (Wildman–Crippen LogP) is 1.62. The smallest absolute Gasteiger partial charge is 0.339 e. The van der Waals surface area contributed by atoms with Crippen LogP contribution >= 0.6 is 0 Å². The standard InChI is InChI=1S/C11H14N2O4/c1-2-5-12-11(17)13-7-3-4-9(14)8(6-7)10(15)16/h3-4,6,14H,2,5H2,1H3,(H,15,16)(H2,12,13,17). The third-order valence-corrected chi connectivity index (χ3v) is 2.02. The number of nitrogens with one attached hydrogen (secondary N) is 2. The van der Waals surface area contributed by atoms with Gasteiger partial charge in [-0.25, -0.2) is 9.59 Å². The highest BCUT2D eigenvalue weighted by Gasteiger charge is 2.11. The Balaban J connectivity index is 2.75. The first-order chi connectivity index (χ1) is 8.04. The normalized spacial score (nSPS) is 9.71. The summed E-state index contributed by atoms with van der Waals surface area (Å²) < 4.78 is 0. The number of carboxylic acid groups (broad SMARTS) is 1. The highest BCUT2D eigenvalue weighted by atomic mass is 16.4. The number of carboxylic acids is 1. The Bertz CT molecular complexity index is 431. The van der Waals surface area contributed by atoms with Gasteiger partial charge in [0.15, 0.2) is 0 Å². The molecule has 0 spiro atoms. The Hall–Kier alpha value is -2.24. The van der Waals surface area contributed by atoms with Crippen LogP contribution in [-0.4, -0.2) is 28.8 Å². The molecule has 0 aliphatic carbocycles. The molecule has 4 N–H and O–H groups in total. The van der Waals surface area contributed by atoms with Crippen LogP contribution in [0.15, 0.2) is 18.2 Å². The second kappa shape index (κ2) is 5.74. The van der Waals surface area contributed by atoms with E-state index in [1.807, 2.05) is 6.92 Å². The van der Waals surface area contributed by atoms with E-state index in [9.17, 15) is 14.7 Å². The molecule has 0 heterocycles. The molecular weight excluding hydrogens is 224 g/mol. The lowest BCUT2D eigenvalue weighted by molar-refractivity contribution is 0.0693. The number of aromatic hydroxyl groups is 1. The number of amides is 2. The fourth-order valence-electron chi connectivity index (χ4n) is 1.20. The third kappa shape index (κ3) is 3.67. The van der Waals surface area contributed by atoms with Crippen LogP contribution in [0.2, 0.25) is 0 Å². The van der Waals surface area contributed by atoms with E-state index in [0.717, 1.165) is 6.42 Å². The van der Waals surface area contributed by atoms with Gasteiger partial charge in [-0.1, -0.05) is 6.92 Å². The van der Waals surface area contributed by atoms with E-state index in [1.165, 1.54) is 18.2 Å². The second-order valence-electron chi connectivity index (χ2n) is 3.42. The Labute approximate surface area is 98.3 Å². The highest BCUT2D eigenvalue weighted by Crippen LogP contribution is 2.21. The van der Waals surface area contributed by atoms with Gasteiger partial charge in [0.25, 0.3) is 0 Å². The van der Waals surface area contributed by atoms with Crippen LogP contribution in [0.25, 0.3) is 0 Å². The number of hydrogen-bond acceptors (Lipinski definition) is 3. The average molecular weight is 238 g/mol. The van der Waals surface area contributed by atoms with Crippen LogP contribution < -0.4 is 10.6 Å². The number of benzene rings is 1. The lowest BCUT2D eigenvalue weighted by Crippen LogP contribution is -2.29. The topological polar surface area (TPSA) is 98.7 Å². The zero-order chi connectivity index (χ0) is 12.8.